The largest absolute Gasteiger partial charge is 0.386 e. The van der Waals surface area contributed by atoms with Crippen molar-refractivity contribution >= 4 is 51.4 Å². The van der Waals surface area contributed by atoms with E-state index in [1.54, 1.807) is 11.3 Å². The Hall–Kier alpha value is -0.940. The number of fused-ring (bicyclic) bond motifs is 1. The number of halogens is 1. The van der Waals surface area contributed by atoms with Crippen LogP contribution in [0.1, 0.15) is 24.8 Å². The Kier molecular flexibility index (Phi) is 9.93. The zero-order valence-electron chi connectivity index (χ0n) is 16.6. The number of rotatable bonds is 7. The normalized spacial score (nSPS) is 17.8. The zero-order valence-corrected chi connectivity index (χ0v) is 19.7. The third kappa shape index (κ3) is 6.55. The van der Waals surface area contributed by atoms with Crippen LogP contribution in [-0.4, -0.2) is 67.9 Å². The van der Waals surface area contributed by atoms with E-state index in [1.165, 1.54) is 10.1 Å². The van der Waals surface area contributed by atoms with Crippen LogP contribution in [0.4, 0.5) is 0 Å². The van der Waals surface area contributed by atoms with Crippen molar-refractivity contribution in [1.82, 2.24) is 15.5 Å². The number of ether oxygens (including phenoxy) is 1. The minimum Gasteiger partial charge on any atom is -0.386 e. The van der Waals surface area contributed by atoms with Crippen molar-refractivity contribution in [3.05, 3.63) is 35.2 Å². The van der Waals surface area contributed by atoms with Crippen molar-refractivity contribution in [2.45, 2.75) is 26.0 Å². The topological polar surface area (TPSA) is 69.1 Å². The minimum atomic E-state index is -0.553. The first-order valence-corrected chi connectivity index (χ1v) is 10.5. The number of aliphatic hydroxyl groups excluding tert-OH is 1. The molecule has 0 radical (unpaired) electrons. The fourth-order valence-corrected chi connectivity index (χ4v) is 4.21. The third-order valence-electron chi connectivity index (χ3n) is 4.76. The highest BCUT2D eigenvalue weighted by Crippen LogP contribution is 2.29. The molecule has 3 rings (SSSR count). The first-order valence-electron chi connectivity index (χ1n) is 9.68. The number of morpholine rings is 1. The molecule has 156 valence electrons. The molecule has 0 bridgehead atoms. The van der Waals surface area contributed by atoms with E-state index >= 15 is 0 Å². The summed E-state index contributed by atoms with van der Waals surface area (Å²) in [6.07, 6.45) is -0.553. The minimum absolute atomic E-state index is 0. The molecule has 2 heterocycles. The highest BCUT2D eigenvalue weighted by Gasteiger charge is 2.17. The van der Waals surface area contributed by atoms with Crippen molar-refractivity contribution in [1.29, 1.82) is 0 Å². The van der Waals surface area contributed by atoms with Crippen LogP contribution in [-0.2, 0) is 4.74 Å². The molecule has 0 amide bonds. The van der Waals surface area contributed by atoms with Gasteiger partial charge in [0.05, 0.1) is 19.8 Å². The van der Waals surface area contributed by atoms with Gasteiger partial charge in [-0.15, -0.1) is 35.3 Å². The number of nitrogens with one attached hydrogen (secondary N) is 2. The zero-order chi connectivity index (χ0) is 19.1. The number of aliphatic imine (C=N–C) groups is 1. The summed E-state index contributed by atoms with van der Waals surface area (Å²) in [4.78, 5) is 8.08. The molecule has 2 aromatic rings. The lowest BCUT2D eigenvalue weighted by Gasteiger charge is -2.31. The SMILES string of the molecule is CCNC(=NCC(C)N1CCOCC1)NCC(O)c1cc2ccccc2s1.I. The van der Waals surface area contributed by atoms with Gasteiger partial charge in [-0.3, -0.25) is 9.89 Å². The molecule has 1 aromatic carbocycles. The quantitative estimate of drug-likeness (QED) is 0.299. The summed E-state index contributed by atoms with van der Waals surface area (Å²) in [5.74, 6) is 0.748. The monoisotopic (exact) mass is 518 g/mol. The van der Waals surface area contributed by atoms with E-state index in [0.717, 1.165) is 43.7 Å². The number of aliphatic hydroxyl groups is 1. The molecule has 1 fully saturated rings. The number of nitrogens with zero attached hydrogens (tertiary/aromatic N) is 2. The van der Waals surface area contributed by atoms with Crippen LogP contribution in [0.5, 0.6) is 0 Å². The predicted molar refractivity (Wildman–Crippen MR) is 128 cm³/mol. The Morgan fingerprint density at radius 2 is 2.04 bits per heavy atom. The molecular formula is C20H31IN4O2S. The van der Waals surface area contributed by atoms with E-state index in [4.69, 9.17) is 9.73 Å². The molecular weight excluding hydrogens is 487 g/mol. The van der Waals surface area contributed by atoms with Gasteiger partial charge in [-0.1, -0.05) is 18.2 Å². The Labute approximate surface area is 188 Å². The van der Waals surface area contributed by atoms with Gasteiger partial charge in [0.2, 0.25) is 0 Å². The van der Waals surface area contributed by atoms with Gasteiger partial charge in [-0.05, 0) is 31.4 Å². The highest BCUT2D eigenvalue weighted by molar-refractivity contribution is 14.0. The number of hydrogen-bond acceptors (Lipinski definition) is 5. The van der Waals surface area contributed by atoms with Crippen molar-refractivity contribution < 1.29 is 9.84 Å². The van der Waals surface area contributed by atoms with Crippen molar-refractivity contribution in [2.24, 2.45) is 4.99 Å². The standard InChI is InChI=1S/C20H30N4O2S.HI/c1-3-21-20(22-13-15(2)24-8-10-26-11-9-24)23-14-17(25)19-12-16-6-4-5-7-18(16)27-19;/h4-7,12,15,17,25H,3,8-11,13-14H2,1-2H3,(H2,21,22,23);1H. The van der Waals surface area contributed by atoms with Gasteiger partial charge in [-0.2, -0.15) is 0 Å². The van der Waals surface area contributed by atoms with Crippen LogP contribution in [0.25, 0.3) is 10.1 Å². The lowest BCUT2D eigenvalue weighted by atomic mass is 10.2. The van der Waals surface area contributed by atoms with Crippen LogP contribution >= 0.6 is 35.3 Å². The molecule has 6 nitrogen and oxygen atoms in total. The summed E-state index contributed by atoms with van der Waals surface area (Å²) in [5, 5.41) is 18.3. The summed E-state index contributed by atoms with van der Waals surface area (Å²) in [7, 11) is 0. The van der Waals surface area contributed by atoms with Crippen molar-refractivity contribution in [3.63, 3.8) is 0 Å². The summed E-state index contributed by atoms with van der Waals surface area (Å²) in [5.41, 5.74) is 0. The molecule has 8 heteroatoms. The fourth-order valence-electron chi connectivity index (χ4n) is 3.16. The Bertz CT molecular complexity index is 716. The second kappa shape index (κ2) is 11.9. The van der Waals surface area contributed by atoms with E-state index in [1.807, 2.05) is 19.1 Å². The van der Waals surface area contributed by atoms with Gasteiger partial charge in [0.25, 0.3) is 0 Å². The Morgan fingerprint density at radius 1 is 1.29 bits per heavy atom. The molecule has 2 unspecified atom stereocenters. The average Bonchev–Trinajstić information content (AvgIpc) is 3.14. The summed E-state index contributed by atoms with van der Waals surface area (Å²) < 4.78 is 6.61. The predicted octanol–water partition coefficient (Wildman–Crippen LogP) is 2.83. The van der Waals surface area contributed by atoms with Crippen molar-refractivity contribution in [2.75, 3.05) is 45.9 Å². The van der Waals surface area contributed by atoms with Gasteiger partial charge in [-0.25, -0.2) is 0 Å². The molecule has 1 aromatic heterocycles. The van der Waals surface area contributed by atoms with E-state index in [9.17, 15) is 5.11 Å². The van der Waals surface area contributed by atoms with Gasteiger partial charge < -0.3 is 20.5 Å². The maximum absolute atomic E-state index is 10.6. The van der Waals surface area contributed by atoms with E-state index < -0.39 is 6.10 Å². The summed E-state index contributed by atoms with van der Waals surface area (Å²) >= 11 is 1.64. The number of hydrogen-bond donors (Lipinski definition) is 3. The molecule has 28 heavy (non-hydrogen) atoms. The smallest absolute Gasteiger partial charge is 0.191 e. The lowest BCUT2D eigenvalue weighted by Crippen LogP contribution is -2.44. The van der Waals surface area contributed by atoms with Crippen LogP contribution in [0, 0.1) is 0 Å². The second-order valence-corrected chi connectivity index (χ2v) is 7.92. The Morgan fingerprint density at radius 3 is 2.75 bits per heavy atom. The van der Waals surface area contributed by atoms with E-state index in [2.05, 4.69) is 40.7 Å². The molecule has 0 aliphatic carbocycles. The Balaban J connectivity index is 0.00000280. The highest BCUT2D eigenvalue weighted by atomic mass is 127. The molecule has 0 spiro atoms. The third-order valence-corrected chi connectivity index (χ3v) is 5.98. The average molecular weight is 518 g/mol. The van der Waals surface area contributed by atoms with Crippen LogP contribution in [0.15, 0.2) is 35.3 Å². The summed E-state index contributed by atoms with van der Waals surface area (Å²) in [6.45, 7) is 9.71. The lowest BCUT2D eigenvalue weighted by molar-refractivity contribution is 0.0220. The first-order chi connectivity index (χ1) is 13.2. The molecule has 3 N–H and O–H groups in total. The molecule has 2 atom stereocenters. The maximum atomic E-state index is 10.6. The van der Waals surface area contributed by atoms with Gasteiger partial charge >= 0.3 is 0 Å². The molecule has 1 saturated heterocycles. The number of guanidine groups is 1. The molecule has 1 aliphatic heterocycles. The van der Waals surface area contributed by atoms with E-state index in [0.29, 0.717) is 19.1 Å². The van der Waals surface area contributed by atoms with E-state index in [-0.39, 0.29) is 24.0 Å². The first kappa shape index (κ1) is 23.3. The van der Waals surface area contributed by atoms with Crippen LogP contribution < -0.4 is 10.6 Å². The van der Waals surface area contributed by atoms with Crippen LogP contribution in [0.2, 0.25) is 0 Å². The van der Waals surface area contributed by atoms with Crippen molar-refractivity contribution in [3.8, 4) is 0 Å². The number of benzene rings is 1. The number of thiophene rings is 1. The maximum Gasteiger partial charge on any atom is 0.191 e. The second-order valence-electron chi connectivity index (χ2n) is 6.80. The summed E-state index contributed by atoms with van der Waals surface area (Å²) in [6, 6.07) is 10.7. The fraction of sp³-hybridized carbons (Fsp3) is 0.550. The van der Waals surface area contributed by atoms with Gasteiger partial charge in [0.1, 0.15) is 6.10 Å². The molecule has 1 aliphatic rings. The molecule has 0 saturated carbocycles. The van der Waals surface area contributed by atoms with Gasteiger partial charge in [0, 0.05) is 41.8 Å². The van der Waals surface area contributed by atoms with Crippen LogP contribution in [0.3, 0.4) is 0 Å². The van der Waals surface area contributed by atoms with Gasteiger partial charge in [0.15, 0.2) is 5.96 Å².